The maximum atomic E-state index is 5.71. The highest BCUT2D eigenvalue weighted by molar-refractivity contribution is 5.41. The molecule has 3 aromatic heterocycles. The van der Waals surface area contributed by atoms with Crippen LogP contribution in [0.5, 0.6) is 0 Å². The summed E-state index contributed by atoms with van der Waals surface area (Å²) in [5.41, 5.74) is 1.84. The van der Waals surface area contributed by atoms with Crippen molar-refractivity contribution in [2.75, 3.05) is 13.2 Å². The van der Waals surface area contributed by atoms with Crippen molar-refractivity contribution in [2.45, 2.75) is 12.3 Å². The third kappa shape index (κ3) is 1.92. The molecule has 3 aromatic rings. The Bertz CT molecular complexity index is 530. The molecule has 3 heterocycles. The number of H-pyrrole nitrogens is 3. The fourth-order valence-electron chi connectivity index (χ4n) is 2.36. The summed E-state index contributed by atoms with van der Waals surface area (Å²) in [5.74, 6) is 0. The SMILES string of the molecule is CCOCC(c1cc[nH]n1)(c1cc[nH]n1)c1cc[nH]n1. The molecule has 7 nitrogen and oxygen atoms in total. The van der Waals surface area contributed by atoms with E-state index in [1.165, 1.54) is 0 Å². The fraction of sp³-hybridized carbons (Fsp3) is 0.308. The molecule has 0 aliphatic rings. The normalized spacial score (nSPS) is 11.8. The van der Waals surface area contributed by atoms with Crippen LogP contribution in [-0.4, -0.2) is 43.8 Å². The molecule has 3 rings (SSSR count). The average Bonchev–Trinajstić information content (AvgIpc) is 3.23. The van der Waals surface area contributed by atoms with E-state index in [2.05, 4.69) is 30.6 Å². The van der Waals surface area contributed by atoms with Gasteiger partial charge in [-0.3, -0.25) is 15.3 Å². The lowest BCUT2D eigenvalue weighted by molar-refractivity contribution is 0.115. The first kappa shape index (κ1) is 12.6. The van der Waals surface area contributed by atoms with Crippen molar-refractivity contribution in [3.8, 4) is 0 Å². The van der Waals surface area contributed by atoms with Crippen LogP contribution in [0, 0.1) is 0 Å². The molecule has 0 saturated carbocycles. The van der Waals surface area contributed by atoms with Crippen LogP contribution >= 0.6 is 0 Å². The van der Waals surface area contributed by atoms with Gasteiger partial charge in [0.15, 0.2) is 0 Å². The first-order chi connectivity index (χ1) is 9.88. The Labute approximate surface area is 115 Å². The van der Waals surface area contributed by atoms with Crippen LogP contribution in [0.2, 0.25) is 0 Å². The number of nitrogens with zero attached hydrogens (tertiary/aromatic N) is 3. The number of rotatable bonds is 6. The zero-order valence-corrected chi connectivity index (χ0v) is 11.1. The van der Waals surface area contributed by atoms with Gasteiger partial charge in [-0.25, -0.2) is 0 Å². The Hall–Kier alpha value is -2.41. The van der Waals surface area contributed by atoms with E-state index in [0.717, 1.165) is 17.1 Å². The highest BCUT2D eigenvalue weighted by atomic mass is 16.5. The summed E-state index contributed by atoms with van der Waals surface area (Å²) in [6.07, 6.45) is 5.36. The topological polar surface area (TPSA) is 95.3 Å². The molecule has 0 radical (unpaired) electrons. The molecule has 0 unspecified atom stereocenters. The molecule has 7 heteroatoms. The number of aromatic amines is 3. The summed E-state index contributed by atoms with van der Waals surface area (Å²) in [7, 11) is 0. The van der Waals surface area contributed by atoms with E-state index < -0.39 is 5.41 Å². The zero-order chi connectivity index (χ0) is 13.8. The molecule has 0 spiro atoms. The van der Waals surface area contributed by atoms with Gasteiger partial charge in [0.25, 0.3) is 0 Å². The van der Waals surface area contributed by atoms with Crippen LogP contribution in [0.25, 0.3) is 0 Å². The average molecular weight is 272 g/mol. The van der Waals surface area contributed by atoms with Crippen molar-refractivity contribution in [3.63, 3.8) is 0 Å². The van der Waals surface area contributed by atoms with Crippen molar-refractivity contribution in [2.24, 2.45) is 0 Å². The Morgan fingerprint density at radius 2 is 1.35 bits per heavy atom. The first-order valence-corrected chi connectivity index (χ1v) is 6.46. The molecular formula is C13H16N6O. The van der Waals surface area contributed by atoms with Gasteiger partial charge in [0.05, 0.1) is 23.7 Å². The summed E-state index contributed by atoms with van der Waals surface area (Å²) >= 11 is 0. The molecule has 0 saturated heterocycles. The summed E-state index contributed by atoms with van der Waals surface area (Å²) < 4.78 is 5.71. The van der Waals surface area contributed by atoms with Crippen molar-refractivity contribution in [3.05, 3.63) is 53.9 Å². The lowest BCUT2D eigenvalue weighted by Gasteiger charge is -2.28. The largest absolute Gasteiger partial charge is 0.380 e. The fourth-order valence-corrected chi connectivity index (χ4v) is 2.36. The lowest BCUT2D eigenvalue weighted by Crippen LogP contribution is -2.36. The Kier molecular flexibility index (Phi) is 3.34. The summed E-state index contributed by atoms with van der Waals surface area (Å²) in [4.78, 5) is 0. The van der Waals surface area contributed by atoms with E-state index in [9.17, 15) is 0 Å². The van der Waals surface area contributed by atoms with Crippen LogP contribution in [0.15, 0.2) is 36.8 Å². The maximum Gasteiger partial charge on any atom is 0.125 e. The van der Waals surface area contributed by atoms with Crippen molar-refractivity contribution >= 4 is 0 Å². The molecule has 0 bridgehead atoms. The Morgan fingerprint density at radius 3 is 1.65 bits per heavy atom. The smallest absolute Gasteiger partial charge is 0.125 e. The van der Waals surface area contributed by atoms with E-state index in [1.54, 1.807) is 18.6 Å². The summed E-state index contributed by atoms with van der Waals surface area (Å²) in [6, 6.07) is 5.76. The number of ether oxygens (including phenoxy) is 1. The molecule has 104 valence electrons. The van der Waals surface area contributed by atoms with Gasteiger partial charge >= 0.3 is 0 Å². The van der Waals surface area contributed by atoms with Gasteiger partial charge in [-0.1, -0.05) is 0 Å². The molecule has 20 heavy (non-hydrogen) atoms. The molecular weight excluding hydrogens is 256 g/mol. The molecule has 3 N–H and O–H groups in total. The van der Waals surface area contributed by atoms with E-state index in [1.807, 2.05) is 25.1 Å². The molecule has 0 aliphatic carbocycles. The second-order valence-corrected chi connectivity index (χ2v) is 4.42. The molecule has 0 aromatic carbocycles. The van der Waals surface area contributed by atoms with Gasteiger partial charge in [0, 0.05) is 25.2 Å². The second-order valence-electron chi connectivity index (χ2n) is 4.42. The quantitative estimate of drug-likeness (QED) is 0.629. The lowest BCUT2D eigenvalue weighted by atomic mass is 9.78. The van der Waals surface area contributed by atoms with Gasteiger partial charge in [-0.15, -0.1) is 0 Å². The maximum absolute atomic E-state index is 5.71. The summed E-state index contributed by atoms with van der Waals surface area (Å²) in [5, 5.41) is 21.6. The zero-order valence-electron chi connectivity index (χ0n) is 11.1. The van der Waals surface area contributed by atoms with Gasteiger partial charge in [-0.05, 0) is 25.1 Å². The Balaban J connectivity index is 2.18. The summed E-state index contributed by atoms with van der Waals surface area (Å²) in [6.45, 7) is 3.00. The van der Waals surface area contributed by atoms with Gasteiger partial charge in [-0.2, -0.15) is 15.3 Å². The van der Waals surface area contributed by atoms with Crippen molar-refractivity contribution in [1.29, 1.82) is 0 Å². The van der Waals surface area contributed by atoms with Crippen LogP contribution in [0.4, 0.5) is 0 Å². The van der Waals surface area contributed by atoms with Crippen LogP contribution in [-0.2, 0) is 10.2 Å². The van der Waals surface area contributed by atoms with Crippen LogP contribution < -0.4 is 0 Å². The van der Waals surface area contributed by atoms with Gasteiger partial charge in [0.1, 0.15) is 5.41 Å². The number of hydrogen-bond donors (Lipinski definition) is 3. The highest BCUT2D eigenvalue weighted by Gasteiger charge is 2.42. The minimum atomic E-state index is -0.629. The molecule has 0 fully saturated rings. The third-order valence-corrected chi connectivity index (χ3v) is 3.34. The van der Waals surface area contributed by atoms with E-state index >= 15 is 0 Å². The second kappa shape index (κ2) is 5.30. The van der Waals surface area contributed by atoms with E-state index in [0.29, 0.717) is 13.2 Å². The minimum Gasteiger partial charge on any atom is -0.380 e. The van der Waals surface area contributed by atoms with Crippen molar-refractivity contribution in [1.82, 2.24) is 30.6 Å². The van der Waals surface area contributed by atoms with Gasteiger partial charge in [0.2, 0.25) is 0 Å². The number of aromatic nitrogens is 6. The highest BCUT2D eigenvalue weighted by Crippen LogP contribution is 2.36. The minimum absolute atomic E-state index is 0.421. The predicted molar refractivity (Wildman–Crippen MR) is 72.1 cm³/mol. The van der Waals surface area contributed by atoms with Crippen LogP contribution in [0.3, 0.4) is 0 Å². The number of hydrogen-bond acceptors (Lipinski definition) is 4. The van der Waals surface area contributed by atoms with E-state index in [4.69, 9.17) is 4.74 Å². The van der Waals surface area contributed by atoms with Crippen molar-refractivity contribution < 1.29 is 4.74 Å². The molecule has 0 aliphatic heterocycles. The monoisotopic (exact) mass is 272 g/mol. The number of nitrogens with one attached hydrogen (secondary N) is 3. The Morgan fingerprint density at radius 1 is 0.900 bits per heavy atom. The molecule has 0 atom stereocenters. The third-order valence-electron chi connectivity index (χ3n) is 3.34. The van der Waals surface area contributed by atoms with Gasteiger partial charge < -0.3 is 4.74 Å². The first-order valence-electron chi connectivity index (χ1n) is 6.46. The van der Waals surface area contributed by atoms with E-state index in [-0.39, 0.29) is 0 Å². The van der Waals surface area contributed by atoms with Crippen LogP contribution in [0.1, 0.15) is 24.0 Å². The standard InChI is InChI=1S/C13H16N6O/c1-2-20-9-13(10-3-6-14-17-10,11-4-7-15-18-11)12-5-8-16-19-12/h3-8H,2,9H2,1H3,(H,14,17)(H,15,18)(H,16,19). The predicted octanol–water partition coefficient (Wildman–Crippen LogP) is 1.23. The molecule has 0 amide bonds.